The Morgan fingerprint density at radius 1 is 1.09 bits per heavy atom. The highest BCUT2D eigenvalue weighted by Crippen LogP contribution is 2.59. The van der Waals surface area contributed by atoms with Gasteiger partial charge in [-0.3, -0.25) is 14.2 Å². The minimum Gasteiger partial charge on any atom is -0.497 e. The topological polar surface area (TPSA) is 166 Å². The number of para-hydroxylation sites is 1. The summed E-state index contributed by atoms with van der Waals surface area (Å²) in [6, 6.07) is 16.4. The average molecular weight is 664 g/mol. The van der Waals surface area contributed by atoms with Crippen LogP contribution in [0.15, 0.2) is 77.7 Å². The fraction of sp³-hybridized carbons (Fsp3) is 0.300. The van der Waals surface area contributed by atoms with Crippen molar-refractivity contribution in [3.63, 3.8) is 0 Å². The van der Waals surface area contributed by atoms with Gasteiger partial charge in [0.1, 0.15) is 17.8 Å². The summed E-state index contributed by atoms with van der Waals surface area (Å²) < 4.78 is 44.6. The van der Waals surface area contributed by atoms with Gasteiger partial charge in [0, 0.05) is 29.2 Å². The Bertz CT molecular complexity index is 1590. The molecule has 0 saturated heterocycles. The molecule has 1 aliphatic rings. The lowest BCUT2D eigenvalue weighted by Crippen LogP contribution is -2.55. The zero-order valence-electron chi connectivity index (χ0n) is 24.1. The molecule has 240 valence electrons. The lowest BCUT2D eigenvalue weighted by molar-refractivity contribution is -0.128. The number of carboxylic acid groups (broad SMARTS) is 1. The molecule has 3 aromatic rings. The maximum Gasteiger partial charge on any atom is 0.405 e. The molecule has 0 bridgehead atoms. The summed E-state index contributed by atoms with van der Waals surface area (Å²) in [5, 5.41) is 14.1. The Morgan fingerprint density at radius 2 is 1.80 bits per heavy atom. The molecule has 15 heteroatoms. The van der Waals surface area contributed by atoms with Crippen molar-refractivity contribution in [3.8, 4) is 5.75 Å². The highest BCUT2D eigenvalue weighted by molar-refractivity contribution is 7.99. The van der Waals surface area contributed by atoms with E-state index in [1.807, 2.05) is 48.5 Å². The monoisotopic (exact) mass is 663 g/mol. The van der Waals surface area contributed by atoms with E-state index in [4.69, 9.17) is 14.5 Å². The highest BCUT2D eigenvalue weighted by Gasteiger charge is 2.50. The Morgan fingerprint density at radius 3 is 2.47 bits per heavy atom. The van der Waals surface area contributed by atoms with E-state index in [0.29, 0.717) is 25.1 Å². The van der Waals surface area contributed by atoms with E-state index in [2.05, 4.69) is 10.6 Å². The average Bonchev–Trinajstić information content (AvgIpc) is 3.12. The van der Waals surface area contributed by atoms with Gasteiger partial charge >= 0.3 is 19.4 Å². The molecule has 0 saturated carbocycles. The SMILES string of the molecule is COc1cccc(CCCN2C(=O)C(NC(=O)C(Cc3ccc(C(F)(F)P(=O)(O)O)cc3)NC(=O)O)CSc3ccccc32)c1. The third kappa shape index (κ3) is 8.40. The van der Waals surface area contributed by atoms with E-state index in [9.17, 15) is 32.8 Å². The van der Waals surface area contributed by atoms with Crippen LogP contribution in [0.5, 0.6) is 5.75 Å². The zero-order chi connectivity index (χ0) is 32.8. The first kappa shape index (κ1) is 33.9. The van der Waals surface area contributed by atoms with Crippen molar-refractivity contribution in [2.24, 2.45) is 0 Å². The number of hydrogen-bond donors (Lipinski definition) is 5. The van der Waals surface area contributed by atoms with Gasteiger partial charge in [-0.05, 0) is 48.2 Å². The molecule has 0 fully saturated rings. The van der Waals surface area contributed by atoms with Gasteiger partial charge < -0.3 is 35.2 Å². The number of carbonyl (C=O) groups excluding carboxylic acids is 2. The number of thioether (sulfide) groups is 1. The maximum absolute atomic E-state index is 14.1. The molecule has 0 spiro atoms. The van der Waals surface area contributed by atoms with E-state index in [-0.39, 0.29) is 23.6 Å². The number of ether oxygens (including phenoxy) is 1. The van der Waals surface area contributed by atoms with Crippen LogP contribution in [-0.2, 0) is 32.7 Å². The van der Waals surface area contributed by atoms with Crippen molar-refractivity contribution in [3.05, 3.63) is 89.5 Å². The van der Waals surface area contributed by atoms with E-state index < -0.39 is 42.9 Å². The summed E-state index contributed by atoms with van der Waals surface area (Å²) in [6.45, 7) is 0.350. The van der Waals surface area contributed by atoms with Crippen LogP contribution in [-0.4, -0.2) is 64.3 Å². The maximum atomic E-state index is 14.1. The number of methoxy groups -OCH3 is 1. The van der Waals surface area contributed by atoms with Gasteiger partial charge in [0.05, 0.1) is 12.8 Å². The summed E-state index contributed by atoms with van der Waals surface area (Å²) in [5.41, 5.74) is -3.38. The van der Waals surface area contributed by atoms with E-state index in [1.165, 1.54) is 11.8 Å². The number of halogens is 2. The second-order valence-electron chi connectivity index (χ2n) is 10.3. The number of amides is 3. The molecule has 2 unspecified atom stereocenters. The predicted molar refractivity (Wildman–Crippen MR) is 164 cm³/mol. The Balaban J connectivity index is 1.49. The van der Waals surface area contributed by atoms with Gasteiger partial charge in [0.2, 0.25) is 11.8 Å². The number of anilines is 1. The van der Waals surface area contributed by atoms with E-state index in [0.717, 1.165) is 40.5 Å². The van der Waals surface area contributed by atoms with Gasteiger partial charge in [-0.15, -0.1) is 11.8 Å². The van der Waals surface area contributed by atoms with Crippen molar-refractivity contribution >= 4 is 43.0 Å². The van der Waals surface area contributed by atoms with Crippen molar-refractivity contribution in [1.82, 2.24) is 10.6 Å². The first-order chi connectivity index (χ1) is 21.3. The van der Waals surface area contributed by atoms with Crippen LogP contribution in [0.25, 0.3) is 0 Å². The number of hydrogen-bond acceptors (Lipinski definition) is 6. The Kier molecular flexibility index (Phi) is 10.9. The molecule has 3 aromatic carbocycles. The van der Waals surface area contributed by atoms with Crippen molar-refractivity contribution in [2.75, 3.05) is 24.3 Å². The first-order valence-electron chi connectivity index (χ1n) is 13.8. The number of fused-ring (bicyclic) bond motifs is 1. The summed E-state index contributed by atoms with van der Waals surface area (Å²) in [4.78, 5) is 59.1. The Labute approximate surface area is 262 Å². The number of nitrogens with one attached hydrogen (secondary N) is 2. The fourth-order valence-corrected chi connectivity index (χ4v) is 6.39. The smallest absolute Gasteiger partial charge is 0.405 e. The van der Waals surface area contributed by atoms with Crippen LogP contribution >= 0.6 is 19.4 Å². The molecule has 3 amide bonds. The summed E-state index contributed by atoms with van der Waals surface area (Å²) >= 11 is 1.37. The lowest BCUT2D eigenvalue weighted by Gasteiger charge is -2.27. The van der Waals surface area contributed by atoms with Crippen LogP contribution in [0.1, 0.15) is 23.1 Å². The largest absolute Gasteiger partial charge is 0.497 e. The molecule has 45 heavy (non-hydrogen) atoms. The van der Waals surface area contributed by atoms with E-state index >= 15 is 0 Å². The van der Waals surface area contributed by atoms with Gasteiger partial charge in [-0.25, -0.2) is 4.79 Å². The second kappa shape index (κ2) is 14.4. The van der Waals surface area contributed by atoms with Gasteiger partial charge in [-0.2, -0.15) is 8.78 Å². The minimum atomic E-state index is -5.78. The molecule has 11 nitrogen and oxygen atoms in total. The number of alkyl halides is 2. The van der Waals surface area contributed by atoms with E-state index in [1.54, 1.807) is 12.0 Å². The summed E-state index contributed by atoms with van der Waals surface area (Å²) in [6.07, 6.45) is -0.526. The van der Waals surface area contributed by atoms with Crippen LogP contribution in [0.2, 0.25) is 0 Å². The molecular formula is C30H32F2N3O8PS. The molecule has 0 radical (unpaired) electrons. The Hall–Kier alpha value is -3.97. The number of carbonyl (C=O) groups is 3. The van der Waals surface area contributed by atoms with Crippen molar-refractivity contribution in [1.29, 1.82) is 0 Å². The molecule has 5 N–H and O–H groups in total. The molecule has 0 aliphatic carbocycles. The van der Waals surface area contributed by atoms with Crippen LogP contribution in [0.4, 0.5) is 19.3 Å². The van der Waals surface area contributed by atoms with Crippen LogP contribution < -0.4 is 20.3 Å². The summed E-state index contributed by atoms with van der Waals surface area (Å²) in [7, 11) is -4.20. The number of rotatable bonds is 12. The predicted octanol–water partition coefficient (Wildman–Crippen LogP) is 4.36. The second-order valence-corrected chi connectivity index (χ2v) is 13.0. The van der Waals surface area contributed by atoms with Gasteiger partial charge in [0.15, 0.2) is 0 Å². The van der Waals surface area contributed by atoms with Crippen molar-refractivity contribution < 1.29 is 47.4 Å². The fourth-order valence-electron chi connectivity index (χ4n) is 4.83. The molecule has 2 atom stereocenters. The minimum absolute atomic E-state index is 0.180. The summed E-state index contributed by atoms with van der Waals surface area (Å²) in [5.74, 6) is -0.268. The highest BCUT2D eigenvalue weighted by atomic mass is 32.2. The third-order valence-corrected chi connectivity index (χ3v) is 9.29. The normalized spacial score (nSPS) is 15.9. The number of benzene rings is 3. The van der Waals surface area contributed by atoms with Crippen molar-refractivity contribution in [2.45, 2.75) is 41.9 Å². The number of nitrogens with zero attached hydrogens (tertiary/aromatic N) is 1. The van der Waals surface area contributed by atoms with Crippen LogP contribution in [0, 0.1) is 0 Å². The standard InChI is InChI=1S/C30H32F2N3O8PS/c1-43-22-8-4-6-19(16-22)7-5-15-35-25-9-2-3-10-26(25)45-18-24(28(35)37)33-27(36)23(34-29(38)39)17-20-11-13-21(14-12-20)30(31,32)44(40,41)42/h2-4,6,8-14,16,23-24,34H,5,7,15,17-18H2,1H3,(H,33,36)(H,38,39)(H2,40,41,42). The number of aryl methyl sites for hydroxylation is 1. The molecule has 1 heterocycles. The quantitative estimate of drug-likeness (QED) is 0.177. The third-order valence-electron chi connectivity index (χ3n) is 7.14. The molecule has 4 rings (SSSR count). The lowest BCUT2D eigenvalue weighted by atomic mass is 10.0. The van der Waals surface area contributed by atoms with Crippen LogP contribution in [0.3, 0.4) is 0 Å². The van der Waals surface area contributed by atoms with Gasteiger partial charge in [-0.1, -0.05) is 48.5 Å². The molecule has 0 aromatic heterocycles. The first-order valence-corrected chi connectivity index (χ1v) is 16.4. The zero-order valence-corrected chi connectivity index (χ0v) is 25.8. The molecular weight excluding hydrogens is 631 g/mol. The van der Waals surface area contributed by atoms with Gasteiger partial charge in [0.25, 0.3) is 0 Å². The molecule has 1 aliphatic heterocycles.